The summed E-state index contributed by atoms with van der Waals surface area (Å²) < 4.78 is 10.9. The number of fused-ring (bicyclic) bond motifs is 6. The SMILES string of the molecule is COc1ccc2c(c1)nc(N)c1nn(Cc3ccccc3)c(=O)n12.Nc1nc2cc(CO)ccc2n2c(=O)n(Cc3ccccc3)nc12. The van der Waals surface area contributed by atoms with Crippen LogP contribution >= 0.6 is 0 Å². The number of hydrogen-bond donors (Lipinski definition) is 3. The molecule has 0 atom stereocenters. The summed E-state index contributed by atoms with van der Waals surface area (Å²) in [6.07, 6.45) is 0. The van der Waals surface area contributed by atoms with Gasteiger partial charge in [0, 0.05) is 6.07 Å². The Morgan fingerprint density at radius 3 is 1.60 bits per heavy atom. The van der Waals surface area contributed by atoms with Gasteiger partial charge in [0.2, 0.25) is 11.3 Å². The van der Waals surface area contributed by atoms with Crippen molar-refractivity contribution < 1.29 is 9.84 Å². The lowest BCUT2D eigenvalue weighted by Crippen LogP contribution is -2.22. The van der Waals surface area contributed by atoms with Crippen LogP contribution < -0.4 is 27.6 Å². The third-order valence-corrected chi connectivity index (χ3v) is 7.86. The summed E-state index contributed by atoms with van der Waals surface area (Å²) in [6, 6.07) is 29.8. The van der Waals surface area contributed by atoms with Crippen LogP contribution in [0.15, 0.2) is 107 Å². The van der Waals surface area contributed by atoms with E-state index in [2.05, 4.69) is 20.2 Å². The molecular weight excluding hydrogens is 612 g/mol. The van der Waals surface area contributed by atoms with E-state index in [0.717, 1.165) is 11.1 Å². The molecule has 0 radical (unpaired) electrons. The number of hydrogen-bond acceptors (Lipinski definition) is 10. The third kappa shape index (κ3) is 5.45. The molecule has 8 rings (SSSR count). The number of nitrogens with two attached hydrogens (primary N) is 2. The fourth-order valence-electron chi connectivity index (χ4n) is 5.51. The molecule has 4 aromatic heterocycles. The largest absolute Gasteiger partial charge is 0.497 e. The van der Waals surface area contributed by atoms with E-state index in [0.29, 0.717) is 57.8 Å². The van der Waals surface area contributed by atoms with E-state index in [4.69, 9.17) is 16.2 Å². The minimum Gasteiger partial charge on any atom is -0.497 e. The zero-order chi connectivity index (χ0) is 33.4. The molecule has 0 aliphatic carbocycles. The molecule has 14 heteroatoms. The maximum atomic E-state index is 12.8. The second-order valence-electron chi connectivity index (χ2n) is 11.0. The molecule has 0 aliphatic rings. The molecule has 5 N–H and O–H groups in total. The first-order chi connectivity index (χ1) is 23.3. The van der Waals surface area contributed by atoms with Gasteiger partial charge in [-0.1, -0.05) is 66.7 Å². The highest BCUT2D eigenvalue weighted by Gasteiger charge is 2.16. The van der Waals surface area contributed by atoms with Gasteiger partial charge in [0.25, 0.3) is 0 Å². The summed E-state index contributed by atoms with van der Waals surface area (Å²) in [4.78, 5) is 34.2. The Morgan fingerprint density at radius 2 is 1.12 bits per heavy atom. The molecule has 0 aliphatic heterocycles. The fourth-order valence-corrected chi connectivity index (χ4v) is 5.51. The van der Waals surface area contributed by atoms with Crippen molar-refractivity contribution in [3.05, 3.63) is 135 Å². The van der Waals surface area contributed by atoms with Gasteiger partial charge in [-0.3, -0.25) is 0 Å². The quantitative estimate of drug-likeness (QED) is 0.244. The van der Waals surface area contributed by atoms with Crippen LogP contribution in [0.5, 0.6) is 5.75 Å². The van der Waals surface area contributed by atoms with Crippen molar-refractivity contribution in [1.82, 2.24) is 38.3 Å². The molecule has 0 saturated carbocycles. The van der Waals surface area contributed by atoms with Crippen molar-refractivity contribution in [3.8, 4) is 5.75 Å². The summed E-state index contributed by atoms with van der Waals surface area (Å²) >= 11 is 0. The first kappa shape index (κ1) is 30.1. The van der Waals surface area contributed by atoms with Crippen molar-refractivity contribution in [2.24, 2.45) is 0 Å². The minimum absolute atomic E-state index is 0.0995. The van der Waals surface area contributed by atoms with E-state index in [1.807, 2.05) is 60.7 Å². The van der Waals surface area contributed by atoms with Crippen LogP contribution in [0.25, 0.3) is 33.4 Å². The number of nitrogen functional groups attached to an aromatic ring is 2. The smallest absolute Gasteiger partial charge is 0.351 e. The zero-order valence-electron chi connectivity index (χ0n) is 25.8. The Bertz CT molecular complexity index is 2380. The number of nitrogens with zero attached hydrogens (tertiary/aromatic N) is 8. The molecule has 240 valence electrons. The number of aliphatic hydroxyl groups excluding tert-OH is 1. The second kappa shape index (κ2) is 12.3. The Labute approximate surface area is 271 Å². The number of rotatable bonds is 6. The van der Waals surface area contributed by atoms with Crippen LogP contribution in [0.1, 0.15) is 16.7 Å². The molecular formula is C34H30N10O4. The molecule has 0 saturated heterocycles. The molecule has 4 aromatic carbocycles. The Balaban J connectivity index is 0.000000152. The maximum absolute atomic E-state index is 12.8. The van der Waals surface area contributed by atoms with Crippen molar-refractivity contribution in [1.29, 1.82) is 0 Å². The second-order valence-corrected chi connectivity index (χ2v) is 11.0. The minimum atomic E-state index is -0.273. The van der Waals surface area contributed by atoms with Crippen molar-refractivity contribution >= 4 is 45.0 Å². The van der Waals surface area contributed by atoms with Crippen molar-refractivity contribution in [3.63, 3.8) is 0 Å². The van der Waals surface area contributed by atoms with E-state index >= 15 is 0 Å². The van der Waals surface area contributed by atoms with Gasteiger partial charge in [0.15, 0.2) is 11.6 Å². The lowest BCUT2D eigenvalue weighted by Gasteiger charge is -2.04. The van der Waals surface area contributed by atoms with E-state index in [9.17, 15) is 14.7 Å². The van der Waals surface area contributed by atoms with Crippen LogP contribution in [0.3, 0.4) is 0 Å². The summed E-state index contributed by atoms with van der Waals surface area (Å²) in [5.41, 5.74) is 17.2. The van der Waals surface area contributed by atoms with Gasteiger partial charge in [-0.2, -0.15) is 0 Å². The summed E-state index contributed by atoms with van der Waals surface area (Å²) in [6.45, 7) is 0.632. The Morgan fingerprint density at radius 1 is 0.646 bits per heavy atom. The van der Waals surface area contributed by atoms with Gasteiger partial charge in [0.1, 0.15) is 5.75 Å². The molecule has 0 fully saturated rings. The van der Waals surface area contributed by atoms with Crippen LogP contribution in [-0.4, -0.2) is 50.5 Å². The predicted octanol–water partition coefficient (Wildman–Crippen LogP) is 2.85. The maximum Gasteiger partial charge on any atom is 0.351 e. The molecule has 0 unspecified atom stereocenters. The van der Waals surface area contributed by atoms with Gasteiger partial charge < -0.3 is 21.3 Å². The third-order valence-electron chi connectivity index (χ3n) is 7.86. The average molecular weight is 643 g/mol. The number of benzene rings is 4. The van der Waals surface area contributed by atoms with Crippen molar-refractivity contribution in [2.75, 3.05) is 18.6 Å². The molecule has 14 nitrogen and oxygen atoms in total. The van der Waals surface area contributed by atoms with E-state index in [-0.39, 0.29) is 29.6 Å². The summed E-state index contributed by atoms with van der Waals surface area (Å²) in [5.74, 6) is 1.04. The highest BCUT2D eigenvalue weighted by molar-refractivity contribution is 5.83. The van der Waals surface area contributed by atoms with Crippen LogP contribution in [0.4, 0.5) is 11.6 Å². The van der Waals surface area contributed by atoms with Crippen LogP contribution in [-0.2, 0) is 19.7 Å². The Hall–Kier alpha value is -6.54. The van der Waals surface area contributed by atoms with E-state index in [1.54, 1.807) is 43.5 Å². The standard InChI is InChI=1S/2C17H15N5O2/c1-24-12-7-8-14-13(9-12)19-15(18)16-20-21(17(23)22(14)16)10-11-5-3-2-4-6-11;18-15-16-20-21(9-11-4-2-1-3-5-11)17(24)22(16)14-7-6-12(10-23)8-13(14)19-15/h2-9H,10H2,1H3,(H2,18,19);1-8,23H,9-10H2,(H2,18,19). The number of aliphatic hydroxyl groups is 1. The molecule has 8 aromatic rings. The molecule has 0 spiro atoms. The monoisotopic (exact) mass is 642 g/mol. The zero-order valence-corrected chi connectivity index (χ0v) is 25.8. The first-order valence-electron chi connectivity index (χ1n) is 14.9. The van der Waals surface area contributed by atoms with Crippen LogP contribution in [0.2, 0.25) is 0 Å². The van der Waals surface area contributed by atoms with Gasteiger partial charge >= 0.3 is 11.4 Å². The van der Waals surface area contributed by atoms with Crippen LogP contribution in [0, 0.1) is 0 Å². The van der Waals surface area contributed by atoms with E-state index in [1.165, 1.54) is 18.2 Å². The number of anilines is 2. The highest BCUT2D eigenvalue weighted by Crippen LogP contribution is 2.22. The molecule has 4 heterocycles. The number of methoxy groups -OCH3 is 1. The highest BCUT2D eigenvalue weighted by atomic mass is 16.5. The summed E-state index contributed by atoms with van der Waals surface area (Å²) in [5, 5.41) is 17.9. The lowest BCUT2D eigenvalue weighted by molar-refractivity contribution is 0.282. The molecule has 48 heavy (non-hydrogen) atoms. The fraction of sp³-hybridized carbons (Fsp3) is 0.118. The topological polar surface area (TPSA) is 186 Å². The molecule has 0 bridgehead atoms. The van der Waals surface area contributed by atoms with Crippen molar-refractivity contribution in [2.45, 2.75) is 19.7 Å². The first-order valence-corrected chi connectivity index (χ1v) is 14.9. The van der Waals surface area contributed by atoms with Gasteiger partial charge in [-0.15, -0.1) is 10.2 Å². The Kier molecular flexibility index (Phi) is 7.74. The van der Waals surface area contributed by atoms with Gasteiger partial charge in [-0.25, -0.2) is 37.7 Å². The molecule has 0 amide bonds. The predicted molar refractivity (Wildman–Crippen MR) is 182 cm³/mol. The number of ether oxygens (including phenoxy) is 1. The normalized spacial score (nSPS) is 11.3. The average Bonchev–Trinajstić information content (AvgIpc) is 3.62. The van der Waals surface area contributed by atoms with E-state index < -0.39 is 0 Å². The lowest BCUT2D eigenvalue weighted by atomic mass is 10.2. The summed E-state index contributed by atoms with van der Waals surface area (Å²) in [7, 11) is 1.58. The van der Waals surface area contributed by atoms with Gasteiger partial charge in [0.05, 0.1) is 48.9 Å². The van der Waals surface area contributed by atoms with Gasteiger partial charge in [-0.05, 0) is 41.0 Å². The number of aromatic nitrogens is 8.